The molecule has 0 spiro atoms. The first-order chi connectivity index (χ1) is 6.47. The molecule has 2 unspecified atom stereocenters. The van der Waals surface area contributed by atoms with E-state index in [1.165, 1.54) is 26.1 Å². The molecule has 0 bridgehead atoms. The summed E-state index contributed by atoms with van der Waals surface area (Å²) in [6, 6.07) is 0. The summed E-state index contributed by atoms with van der Waals surface area (Å²) in [7, 11) is 2.26. The van der Waals surface area contributed by atoms with Crippen LogP contribution in [0.4, 0.5) is 0 Å². The highest BCUT2D eigenvalue weighted by Crippen LogP contribution is 2.22. The fraction of sp³-hybridized carbons (Fsp3) is 1.00. The van der Waals surface area contributed by atoms with Crippen molar-refractivity contribution in [3.63, 3.8) is 0 Å². The predicted molar refractivity (Wildman–Crippen MR) is 62.5 cm³/mol. The van der Waals surface area contributed by atoms with Crippen molar-refractivity contribution in [2.75, 3.05) is 26.7 Å². The van der Waals surface area contributed by atoms with Gasteiger partial charge >= 0.3 is 0 Å². The molecule has 1 rings (SSSR count). The van der Waals surface area contributed by atoms with Crippen LogP contribution in [0.3, 0.4) is 0 Å². The summed E-state index contributed by atoms with van der Waals surface area (Å²) in [6.07, 6.45) is 1.22. The predicted octanol–water partition coefficient (Wildman–Crippen LogP) is 1.96. The van der Waals surface area contributed by atoms with E-state index in [0.29, 0.717) is 5.54 Å². The largest absolute Gasteiger partial charge is 0.316 e. The monoisotopic (exact) mass is 198 g/mol. The zero-order valence-corrected chi connectivity index (χ0v) is 10.4. The van der Waals surface area contributed by atoms with Crippen molar-refractivity contribution in [1.82, 2.24) is 10.2 Å². The molecule has 0 radical (unpaired) electrons. The Kier molecular flexibility index (Phi) is 3.96. The van der Waals surface area contributed by atoms with Crippen LogP contribution in [-0.2, 0) is 0 Å². The van der Waals surface area contributed by atoms with Crippen LogP contribution in [0.2, 0.25) is 0 Å². The van der Waals surface area contributed by atoms with Gasteiger partial charge in [-0.3, -0.25) is 0 Å². The normalized spacial score (nSPS) is 28.7. The fourth-order valence-corrected chi connectivity index (χ4v) is 1.98. The molecule has 1 N–H and O–H groups in total. The Morgan fingerprint density at radius 1 is 1.36 bits per heavy atom. The quantitative estimate of drug-likeness (QED) is 0.743. The Morgan fingerprint density at radius 3 is 2.43 bits per heavy atom. The Labute approximate surface area is 89.1 Å². The van der Waals surface area contributed by atoms with Gasteiger partial charge < -0.3 is 10.2 Å². The molecule has 14 heavy (non-hydrogen) atoms. The zero-order valence-electron chi connectivity index (χ0n) is 10.4. The van der Waals surface area contributed by atoms with E-state index < -0.39 is 0 Å². The van der Waals surface area contributed by atoms with Crippen molar-refractivity contribution in [3.8, 4) is 0 Å². The van der Waals surface area contributed by atoms with Crippen molar-refractivity contribution < 1.29 is 0 Å². The first-order valence-electron chi connectivity index (χ1n) is 5.89. The smallest absolute Gasteiger partial charge is 0.0147 e. The lowest BCUT2D eigenvalue weighted by Gasteiger charge is -2.37. The number of hydrogen-bond donors (Lipinski definition) is 1. The third-order valence-corrected chi connectivity index (χ3v) is 4.08. The molecule has 0 aromatic carbocycles. The summed E-state index contributed by atoms with van der Waals surface area (Å²) in [4.78, 5) is 2.52. The van der Waals surface area contributed by atoms with E-state index in [1.807, 2.05) is 0 Å². The Bertz CT molecular complexity index is 177. The maximum atomic E-state index is 3.47. The lowest BCUT2D eigenvalue weighted by Crippen LogP contribution is -2.44. The van der Waals surface area contributed by atoms with Crippen LogP contribution in [0.25, 0.3) is 0 Å². The average molecular weight is 198 g/mol. The van der Waals surface area contributed by atoms with Gasteiger partial charge in [0.15, 0.2) is 0 Å². The Morgan fingerprint density at radius 2 is 2.00 bits per heavy atom. The first-order valence-corrected chi connectivity index (χ1v) is 5.89. The third kappa shape index (κ3) is 2.71. The van der Waals surface area contributed by atoms with Crippen LogP contribution >= 0.6 is 0 Å². The summed E-state index contributed by atoms with van der Waals surface area (Å²) >= 11 is 0. The van der Waals surface area contributed by atoms with Gasteiger partial charge in [-0.2, -0.15) is 0 Å². The van der Waals surface area contributed by atoms with Crippen LogP contribution in [0.15, 0.2) is 0 Å². The van der Waals surface area contributed by atoms with Crippen molar-refractivity contribution in [2.24, 2.45) is 11.8 Å². The molecule has 1 heterocycles. The molecule has 0 amide bonds. The molecule has 2 atom stereocenters. The van der Waals surface area contributed by atoms with Gasteiger partial charge in [0.2, 0.25) is 0 Å². The standard InChI is InChI=1S/C12H26N2/c1-6-12(3,4)14(5)9-11-8-13-7-10(11)2/h10-11,13H,6-9H2,1-5H3. The van der Waals surface area contributed by atoms with Gasteiger partial charge in [0, 0.05) is 12.1 Å². The van der Waals surface area contributed by atoms with E-state index in [0.717, 1.165) is 11.8 Å². The minimum atomic E-state index is 0.350. The zero-order chi connectivity index (χ0) is 10.8. The highest BCUT2D eigenvalue weighted by Gasteiger charge is 2.28. The molecule has 0 aromatic heterocycles. The molecule has 2 heteroatoms. The highest BCUT2D eigenvalue weighted by atomic mass is 15.2. The SMILES string of the molecule is CCC(C)(C)N(C)CC1CNCC1C. The van der Waals surface area contributed by atoms with Gasteiger partial charge in [-0.1, -0.05) is 13.8 Å². The lowest BCUT2D eigenvalue weighted by molar-refractivity contribution is 0.122. The molecular formula is C12H26N2. The molecule has 0 aliphatic carbocycles. The van der Waals surface area contributed by atoms with Crippen molar-refractivity contribution >= 4 is 0 Å². The minimum absolute atomic E-state index is 0.350. The van der Waals surface area contributed by atoms with Crippen LogP contribution in [0.1, 0.15) is 34.1 Å². The van der Waals surface area contributed by atoms with Crippen molar-refractivity contribution in [1.29, 1.82) is 0 Å². The second-order valence-electron chi connectivity index (χ2n) is 5.44. The third-order valence-electron chi connectivity index (χ3n) is 4.08. The summed E-state index contributed by atoms with van der Waals surface area (Å²) in [5, 5.41) is 3.47. The summed E-state index contributed by atoms with van der Waals surface area (Å²) in [6.45, 7) is 12.9. The second-order valence-corrected chi connectivity index (χ2v) is 5.44. The topological polar surface area (TPSA) is 15.3 Å². The summed E-state index contributed by atoms with van der Waals surface area (Å²) < 4.78 is 0. The van der Waals surface area contributed by atoms with Gasteiger partial charge in [0.05, 0.1) is 0 Å². The van der Waals surface area contributed by atoms with Crippen molar-refractivity contribution in [3.05, 3.63) is 0 Å². The average Bonchev–Trinajstić information content (AvgIpc) is 2.52. The number of rotatable bonds is 4. The van der Waals surface area contributed by atoms with E-state index >= 15 is 0 Å². The van der Waals surface area contributed by atoms with Crippen LogP contribution in [0.5, 0.6) is 0 Å². The first kappa shape index (κ1) is 12.0. The maximum Gasteiger partial charge on any atom is 0.0147 e. The molecule has 0 aromatic rings. The van der Waals surface area contributed by atoms with Crippen LogP contribution < -0.4 is 5.32 Å². The molecule has 1 aliphatic rings. The lowest BCUT2D eigenvalue weighted by atomic mass is 9.93. The van der Waals surface area contributed by atoms with E-state index in [9.17, 15) is 0 Å². The summed E-state index contributed by atoms with van der Waals surface area (Å²) in [5.74, 6) is 1.68. The van der Waals surface area contributed by atoms with Crippen molar-refractivity contribution in [2.45, 2.75) is 39.7 Å². The molecule has 0 saturated carbocycles. The molecule has 1 saturated heterocycles. The Balaban J connectivity index is 2.43. The highest BCUT2D eigenvalue weighted by molar-refractivity contribution is 4.84. The number of hydrogen-bond acceptors (Lipinski definition) is 2. The fourth-order valence-electron chi connectivity index (χ4n) is 1.98. The molecule has 2 nitrogen and oxygen atoms in total. The van der Waals surface area contributed by atoms with Gasteiger partial charge in [-0.15, -0.1) is 0 Å². The molecule has 1 fully saturated rings. The maximum absolute atomic E-state index is 3.47. The van der Waals surface area contributed by atoms with Crippen LogP contribution in [-0.4, -0.2) is 37.1 Å². The van der Waals surface area contributed by atoms with E-state index in [-0.39, 0.29) is 0 Å². The summed E-state index contributed by atoms with van der Waals surface area (Å²) in [5.41, 5.74) is 0.350. The molecule has 84 valence electrons. The van der Waals surface area contributed by atoms with Gasteiger partial charge in [-0.25, -0.2) is 0 Å². The number of nitrogens with one attached hydrogen (secondary N) is 1. The van der Waals surface area contributed by atoms with E-state index in [4.69, 9.17) is 0 Å². The number of nitrogens with zero attached hydrogens (tertiary/aromatic N) is 1. The molecule has 1 aliphatic heterocycles. The van der Waals surface area contributed by atoms with Crippen LogP contribution in [0, 0.1) is 11.8 Å². The minimum Gasteiger partial charge on any atom is -0.316 e. The van der Waals surface area contributed by atoms with E-state index in [1.54, 1.807) is 0 Å². The second kappa shape index (κ2) is 4.63. The van der Waals surface area contributed by atoms with Gasteiger partial charge in [0.25, 0.3) is 0 Å². The Hall–Kier alpha value is -0.0800. The molecular weight excluding hydrogens is 172 g/mol. The van der Waals surface area contributed by atoms with Gasteiger partial charge in [-0.05, 0) is 52.2 Å². The van der Waals surface area contributed by atoms with Gasteiger partial charge in [0.1, 0.15) is 0 Å². The van der Waals surface area contributed by atoms with E-state index in [2.05, 4.69) is 45.0 Å².